The first-order valence-corrected chi connectivity index (χ1v) is 6.99. The summed E-state index contributed by atoms with van der Waals surface area (Å²) in [5.41, 5.74) is 5.90. The Morgan fingerprint density at radius 3 is 2.52 bits per heavy atom. The minimum Gasteiger partial charge on any atom is -0.379 e. The van der Waals surface area contributed by atoms with Crippen LogP contribution in [0.5, 0.6) is 0 Å². The van der Waals surface area contributed by atoms with Gasteiger partial charge in [-0.05, 0) is 31.5 Å². The zero-order valence-electron chi connectivity index (χ0n) is 12.2. The van der Waals surface area contributed by atoms with Crippen molar-refractivity contribution >= 4 is 5.69 Å². The van der Waals surface area contributed by atoms with Gasteiger partial charge in [-0.1, -0.05) is 46.7 Å². The van der Waals surface area contributed by atoms with Crippen LogP contribution in [0, 0.1) is 13.8 Å². The number of nitrogens with one attached hydrogen (secondary N) is 1. The smallest absolute Gasteiger partial charge is 0.0894 e. The number of aromatic nitrogens is 3. The molecule has 3 aromatic rings. The van der Waals surface area contributed by atoms with Crippen molar-refractivity contribution in [3.05, 3.63) is 71.5 Å². The molecule has 0 radical (unpaired) electrons. The molecule has 4 heteroatoms. The summed E-state index contributed by atoms with van der Waals surface area (Å²) >= 11 is 0. The molecule has 1 N–H and O–H groups in total. The highest BCUT2D eigenvalue weighted by atomic mass is 15.4. The quantitative estimate of drug-likeness (QED) is 0.794. The van der Waals surface area contributed by atoms with Crippen LogP contribution < -0.4 is 5.32 Å². The van der Waals surface area contributed by atoms with Gasteiger partial charge in [0.15, 0.2) is 0 Å². The maximum atomic E-state index is 4.06. The maximum Gasteiger partial charge on any atom is 0.0894 e. The summed E-state index contributed by atoms with van der Waals surface area (Å²) in [6, 6.07) is 14.7. The highest BCUT2D eigenvalue weighted by Gasteiger charge is 2.04. The Morgan fingerprint density at radius 1 is 1.05 bits per heavy atom. The molecule has 0 saturated heterocycles. The fourth-order valence-electron chi connectivity index (χ4n) is 2.53. The molecule has 0 amide bonds. The molecule has 2 aromatic carbocycles. The lowest BCUT2D eigenvalue weighted by atomic mass is 10.1. The fourth-order valence-corrected chi connectivity index (χ4v) is 2.53. The lowest BCUT2D eigenvalue weighted by molar-refractivity contribution is 0.803. The second kappa shape index (κ2) is 5.79. The summed E-state index contributed by atoms with van der Waals surface area (Å²) < 4.78 is 1.77. The van der Waals surface area contributed by atoms with E-state index in [4.69, 9.17) is 0 Å². The second-order valence-corrected chi connectivity index (χ2v) is 5.21. The van der Waals surface area contributed by atoms with Gasteiger partial charge in [-0.25, -0.2) is 4.68 Å². The molecule has 0 fully saturated rings. The van der Waals surface area contributed by atoms with Crippen LogP contribution in [-0.4, -0.2) is 15.0 Å². The van der Waals surface area contributed by atoms with Crippen LogP contribution in [0.15, 0.2) is 54.9 Å². The minimum atomic E-state index is 0.786. The molecule has 0 aliphatic heterocycles. The van der Waals surface area contributed by atoms with E-state index in [-0.39, 0.29) is 0 Å². The monoisotopic (exact) mass is 278 g/mol. The molecular weight excluding hydrogens is 260 g/mol. The third-order valence-electron chi connectivity index (χ3n) is 3.34. The maximum absolute atomic E-state index is 4.06. The number of hydrogen-bond donors (Lipinski definition) is 1. The largest absolute Gasteiger partial charge is 0.379 e. The molecule has 4 nitrogen and oxygen atoms in total. The van der Waals surface area contributed by atoms with Gasteiger partial charge >= 0.3 is 0 Å². The Balaban J connectivity index is 1.82. The molecular formula is C17H18N4. The van der Waals surface area contributed by atoms with E-state index < -0.39 is 0 Å². The Morgan fingerprint density at radius 2 is 1.81 bits per heavy atom. The second-order valence-electron chi connectivity index (χ2n) is 5.21. The van der Waals surface area contributed by atoms with Gasteiger partial charge in [0, 0.05) is 6.54 Å². The standard InChI is InChI=1S/C17H18N4/c1-13-9-14(2)11-15(10-13)12-18-16-5-3-4-6-17(16)21-8-7-19-20-21/h3-11,18H,12H2,1-2H3. The third kappa shape index (κ3) is 3.11. The summed E-state index contributed by atoms with van der Waals surface area (Å²) in [4.78, 5) is 0. The number of para-hydroxylation sites is 2. The molecule has 1 aromatic heterocycles. The normalized spacial score (nSPS) is 10.6. The number of benzene rings is 2. The summed E-state index contributed by atoms with van der Waals surface area (Å²) in [5, 5.41) is 11.4. The van der Waals surface area contributed by atoms with Gasteiger partial charge in [-0.15, -0.1) is 5.10 Å². The van der Waals surface area contributed by atoms with E-state index in [2.05, 4.69) is 53.7 Å². The molecule has 0 aliphatic rings. The van der Waals surface area contributed by atoms with Gasteiger partial charge in [0.05, 0.1) is 23.8 Å². The van der Waals surface area contributed by atoms with Gasteiger partial charge in [-0.2, -0.15) is 0 Å². The number of aryl methyl sites for hydroxylation is 2. The highest BCUT2D eigenvalue weighted by Crippen LogP contribution is 2.20. The predicted molar refractivity (Wildman–Crippen MR) is 84.6 cm³/mol. The van der Waals surface area contributed by atoms with Crippen molar-refractivity contribution in [1.82, 2.24) is 15.0 Å². The topological polar surface area (TPSA) is 42.7 Å². The van der Waals surface area contributed by atoms with Crippen LogP contribution in [0.4, 0.5) is 5.69 Å². The molecule has 0 saturated carbocycles. The van der Waals surface area contributed by atoms with Crippen LogP contribution in [0.1, 0.15) is 16.7 Å². The van der Waals surface area contributed by atoms with Crippen molar-refractivity contribution in [3.8, 4) is 5.69 Å². The van der Waals surface area contributed by atoms with Gasteiger partial charge < -0.3 is 5.32 Å². The molecule has 0 atom stereocenters. The molecule has 106 valence electrons. The van der Waals surface area contributed by atoms with Crippen LogP contribution >= 0.6 is 0 Å². The Bertz CT molecular complexity index is 712. The first-order chi connectivity index (χ1) is 10.2. The van der Waals surface area contributed by atoms with E-state index in [1.54, 1.807) is 10.9 Å². The fraction of sp³-hybridized carbons (Fsp3) is 0.176. The number of rotatable bonds is 4. The van der Waals surface area contributed by atoms with Crippen molar-refractivity contribution in [2.24, 2.45) is 0 Å². The number of anilines is 1. The van der Waals surface area contributed by atoms with Crippen molar-refractivity contribution in [1.29, 1.82) is 0 Å². The predicted octanol–water partition coefficient (Wildman–Crippen LogP) is 3.50. The number of hydrogen-bond acceptors (Lipinski definition) is 3. The van der Waals surface area contributed by atoms with E-state index in [9.17, 15) is 0 Å². The van der Waals surface area contributed by atoms with Gasteiger partial charge in [0.2, 0.25) is 0 Å². The lowest BCUT2D eigenvalue weighted by Crippen LogP contribution is -2.05. The zero-order valence-corrected chi connectivity index (χ0v) is 12.2. The van der Waals surface area contributed by atoms with E-state index in [1.807, 2.05) is 24.4 Å². The third-order valence-corrected chi connectivity index (χ3v) is 3.34. The zero-order chi connectivity index (χ0) is 14.7. The molecule has 1 heterocycles. The minimum absolute atomic E-state index is 0.786. The molecule has 21 heavy (non-hydrogen) atoms. The Hall–Kier alpha value is -2.62. The van der Waals surface area contributed by atoms with Crippen molar-refractivity contribution in [2.75, 3.05) is 5.32 Å². The van der Waals surface area contributed by atoms with Crippen LogP contribution in [0.25, 0.3) is 5.69 Å². The lowest BCUT2D eigenvalue weighted by Gasteiger charge is -2.12. The van der Waals surface area contributed by atoms with Crippen LogP contribution in [0.3, 0.4) is 0 Å². The van der Waals surface area contributed by atoms with Crippen molar-refractivity contribution in [3.63, 3.8) is 0 Å². The van der Waals surface area contributed by atoms with E-state index in [0.29, 0.717) is 0 Å². The number of nitrogens with zero attached hydrogens (tertiary/aromatic N) is 3. The average Bonchev–Trinajstić information content (AvgIpc) is 2.98. The molecule has 0 bridgehead atoms. The first kappa shape index (κ1) is 13.4. The summed E-state index contributed by atoms with van der Waals surface area (Å²) in [6.07, 6.45) is 3.53. The molecule has 0 unspecified atom stereocenters. The van der Waals surface area contributed by atoms with Crippen molar-refractivity contribution in [2.45, 2.75) is 20.4 Å². The van der Waals surface area contributed by atoms with Crippen LogP contribution in [-0.2, 0) is 6.54 Å². The van der Waals surface area contributed by atoms with Gasteiger partial charge in [-0.3, -0.25) is 0 Å². The van der Waals surface area contributed by atoms with Gasteiger partial charge in [0.1, 0.15) is 0 Å². The SMILES string of the molecule is Cc1cc(C)cc(CNc2ccccc2-n2ccnn2)c1. The van der Waals surface area contributed by atoms with E-state index in [1.165, 1.54) is 16.7 Å². The Kier molecular flexibility index (Phi) is 3.69. The molecule has 0 spiro atoms. The van der Waals surface area contributed by atoms with Crippen molar-refractivity contribution < 1.29 is 0 Å². The Labute approximate surface area is 124 Å². The highest BCUT2D eigenvalue weighted by molar-refractivity contribution is 5.60. The van der Waals surface area contributed by atoms with Crippen LogP contribution in [0.2, 0.25) is 0 Å². The summed E-state index contributed by atoms with van der Waals surface area (Å²) in [6.45, 7) is 5.04. The molecule has 0 aliphatic carbocycles. The average molecular weight is 278 g/mol. The van der Waals surface area contributed by atoms with E-state index in [0.717, 1.165) is 17.9 Å². The molecule has 3 rings (SSSR count). The summed E-state index contributed by atoms with van der Waals surface area (Å²) in [7, 11) is 0. The van der Waals surface area contributed by atoms with Gasteiger partial charge in [0.25, 0.3) is 0 Å². The first-order valence-electron chi connectivity index (χ1n) is 6.99. The summed E-state index contributed by atoms with van der Waals surface area (Å²) in [5.74, 6) is 0. The van der Waals surface area contributed by atoms with E-state index >= 15 is 0 Å².